The van der Waals surface area contributed by atoms with E-state index in [9.17, 15) is 8.42 Å². The van der Waals surface area contributed by atoms with Crippen LogP contribution < -0.4 is 5.32 Å². The van der Waals surface area contributed by atoms with Crippen molar-refractivity contribution in [3.8, 4) is 0 Å². The van der Waals surface area contributed by atoms with Gasteiger partial charge < -0.3 is 5.32 Å². The third kappa shape index (κ3) is 4.06. The Morgan fingerprint density at radius 1 is 1.31 bits per heavy atom. The van der Waals surface area contributed by atoms with E-state index in [0.29, 0.717) is 23.5 Å². The zero-order chi connectivity index (χ0) is 12.2. The molecule has 0 aromatic heterocycles. The standard InChI is InChI=1S/C12H25NO2S/c1-4-11(5-2)10(3)13-12-7-6-8-16(14,15)9-12/h10-13H,4-9H2,1-3H3. The highest BCUT2D eigenvalue weighted by Gasteiger charge is 2.26. The highest BCUT2D eigenvalue weighted by Crippen LogP contribution is 2.17. The fourth-order valence-electron chi connectivity index (χ4n) is 2.66. The second-order valence-electron chi connectivity index (χ2n) is 4.99. The van der Waals surface area contributed by atoms with E-state index in [4.69, 9.17) is 0 Å². The molecule has 4 heteroatoms. The van der Waals surface area contributed by atoms with Crippen LogP contribution in [0.4, 0.5) is 0 Å². The Hall–Kier alpha value is -0.0900. The van der Waals surface area contributed by atoms with Gasteiger partial charge in [-0.2, -0.15) is 0 Å². The van der Waals surface area contributed by atoms with Gasteiger partial charge in [0.05, 0.1) is 11.5 Å². The van der Waals surface area contributed by atoms with Crippen molar-refractivity contribution < 1.29 is 8.42 Å². The summed E-state index contributed by atoms with van der Waals surface area (Å²) >= 11 is 0. The topological polar surface area (TPSA) is 46.2 Å². The molecule has 2 atom stereocenters. The third-order valence-corrected chi connectivity index (χ3v) is 5.54. The number of hydrogen-bond donors (Lipinski definition) is 1. The fraction of sp³-hybridized carbons (Fsp3) is 1.00. The molecule has 1 rings (SSSR count). The third-order valence-electron chi connectivity index (χ3n) is 3.72. The maximum absolute atomic E-state index is 11.5. The van der Waals surface area contributed by atoms with Crippen LogP contribution in [0.5, 0.6) is 0 Å². The quantitative estimate of drug-likeness (QED) is 0.808. The molecule has 1 heterocycles. The molecule has 0 radical (unpaired) electrons. The zero-order valence-corrected chi connectivity index (χ0v) is 11.5. The minimum absolute atomic E-state index is 0.175. The van der Waals surface area contributed by atoms with E-state index in [0.717, 1.165) is 25.7 Å². The van der Waals surface area contributed by atoms with E-state index in [1.165, 1.54) is 0 Å². The van der Waals surface area contributed by atoms with Gasteiger partial charge in [0, 0.05) is 12.1 Å². The molecule has 2 unspecified atom stereocenters. The summed E-state index contributed by atoms with van der Waals surface area (Å²) in [6.45, 7) is 6.58. The largest absolute Gasteiger partial charge is 0.310 e. The summed E-state index contributed by atoms with van der Waals surface area (Å²) in [6.07, 6.45) is 4.13. The van der Waals surface area contributed by atoms with Gasteiger partial charge in [-0.15, -0.1) is 0 Å². The summed E-state index contributed by atoms with van der Waals surface area (Å²) < 4.78 is 23.0. The lowest BCUT2D eigenvalue weighted by atomic mass is 9.94. The second kappa shape index (κ2) is 6.01. The van der Waals surface area contributed by atoms with Gasteiger partial charge in [0.25, 0.3) is 0 Å². The van der Waals surface area contributed by atoms with E-state index in [-0.39, 0.29) is 6.04 Å². The van der Waals surface area contributed by atoms with Crippen molar-refractivity contribution in [2.24, 2.45) is 5.92 Å². The van der Waals surface area contributed by atoms with Gasteiger partial charge in [-0.05, 0) is 25.7 Å². The molecule has 96 valence electrons. The van der Waals surface area contributed by atoms with E-state index in [1.54, 1.807) is 0 Å². The molecule has 3 nitrogen and oxygen atoms in total. The van der Waals surface area contributed by atoms with Crippen molar-refractivity contribution in [2.75, 3.05) is 11.5 Å². The molecule has 0 aliphatic carbocycles. The van der Waals surface area contributed by atoms with Crippen LogP contribution in [0, 0.1) is 5.92 Å². The first-order valence-electron chi connectivity index (χ1n) is 6.45. The van der Waals surface area contributed by atoms with Gasteiger partial charge in [0.2, 0.25) is 0 Å². The van der Waals surface area contributed by atoms with Gasteiger partial charge >= 0.3 is 0 Å². The average molecular weight is 247 g/mol. The highest BCUT2D eigenvalue weighted by atomic mass is 32.2. The Morgan fingerprint density at radius 3 is 2.44 bits per heavy atom. The molecule has 1 aliphatic rings. The molecule has 1 fully saturated rings. The summed E-state index contributed by atoms with van der Waals surface area (Å²) in [5, 5.41) is 3.50. The summed E-state index contributed by atoms with van der Waals surface area (Å²) in [5.74, 6) is 1.37. The molecule has 1 aliphatic heterocycles. The molecule has 0 spiro atoms. The number of hydrogen-bond acceptors (Lipinski definition) is 3. The molecule has 0 bridgehead atoms. The molecule has 1 saturated heterocycles. The van der Waals surface area contributed by atoms with Crippen LogP contribution in [-0.4, -0.2) is 32.0 Å². The van der Waals surface area contributed by atoms with Crippen molar-refractivity contribution in [3.63, 3.8) is 0 Å². The lowest BCUT2D eigenvalue weighted by molar-refractivity contribution is 0.318. The maximum Gasteiger partial charge on any atom is 0.151 e. The Labute approximate surface area is 99.9 Å². The van der Waals surface area contributed by atoms with E-state index >= 15 is 0 Å². The van der Waals surface area contributed by atoms with Crippen LogP contribution in [0.1, 0.15) is 46.5 Å². The second-order valence-corrected chi connectivity index (χ2v) is 7.21. The lowest BCUT2D eigenvalue weighted by Gasteiger charge is -2.30. The van der Waals surface area contributed by atoms with Crippen LogP contribution in [0.15, 0.2) is 0 Å². The predicted molar refractivity (Wildman–Crippen MR) is 68.3 cm³/mol. The predicted octanol–water partition coefficient (Wildman–Crippen LogP) is 1.98. The van der Waals surface area contributed by atoms with Gasteiger partial charge in [0.1, 0.15) is 0 Å². The van der Waals surface area contributed by atoms with Crippen LogP contribution in [0.2, 0.25) is 0 Å². The Kier molecular flexibility index (Phi) is 5.25. The SMILES string of the molecule is CCC(CC)C(C)NC1CCCS(=O)(=O)C1. The Morgan fingerprint density at radius 2 is 1.94 bits per heavy atom. The first-order chi connectivity index (χ1) is 7.48. The summed E-state index contributed by atoms with van der Waals surface area (Å²) in [4.78, 5) is 0. The molecular weight excluding hydrogens is 222 g/mol. The molecular formula is C12H25NO2S. The van der Waals surface area contributed by atoms with Crippen molar-refractivity contribution in [2.45, 2.75) is 58.5 Å². The van der Waals surface area contributed by atoms with Crippen LogP contribution in [0.3, 0.4) is 0 Å². The molecule has 16 heavy (non-hydrogen) atoms. The number of rotatable bonds is 5. The van der Waals surface area contributed by atoms with Crippen molar-refractivity contribution >= 4 is 9.84 Å². The lowest BCUT2D eigenvalue weighted by Crippen LogP contribution is -2.46. The first-order valence-corrected chi connectivity index (χ1v) is 8.27. The van der Waals surface area contributed by atoms with Crippen molar-refractivity contribution in [1.82, 2.24) is 5.32 Å². The minimum atomic E-state index is -2.78. The van der Waals surface area contributed by atoms with Crippen LogP contribution in [-0.2, 0) is 9.84 Å². The molecule has 0 saturated carbocycles. The minimum Gasteiger partial charge on any atom is -0.310 e. The molecule has 0 aromatic carbocycles. The Bertz CT molecular complexity index is 296. The van der Waals surface area contributed by atoms with E-state index in [1.807, 2.05) is 0 Å². The van der Waals surface area contributed by atoms with Crippen LogP contribution in [0.25, 0.3) is 0 Å². The summed E-state index contributed by atoms with van der Waals surface area (Å²) in [5.41, 5.74) is 0. The summed E-state index contributed by atoms with van der Waals surface area (Å²) in [6, 6.07) is 0.600. The molecule has 1 N–H and O–H groups in total. The van der Waals surface area contributed by atoms with Gasteiger partial charge in [-0.1, -0.05) is 26.7 Å². The van der Waals surface area contributed by atoms with Gasteiger partial charge in [-0.3, -0.25) is 0 Å². The van der Waals surface area contributed by atoms with Gasteiger partial charge in [-0.25, -0.2) is 8.42 Å². The Balaban J connectivity index is 2.47. The molecule has 0 amide bonds. The monoisotopic (exact) mass is 247 g/mol. The fourth-order valence-corrected chi connectivity index (χ4v) is 4.31. The highest BCUT2D eigenvalue weighted by molar-refractivity contribution is 7.91. The van der Waals surface area contributed by atoms with Crippen molar-refractivity contribution in [1.29, 1.82) is 0 Å². The van der Waals surface area contributed by atoms with E-state index in [2.05, 4.69) is 26.1 Å². The number of sulfone groups is 1. The number of nitrogens with one attached hydrogen (secondary N) is 1. The van der Waals surface area contributed by atoms with Crippen molar-refractivity contribution in [3.05, 3.63) is 0 Å². The van der Waals surface area contributed by atoms with E-state index < -0.39 is 9.84 Å². The molecule has 0 aromatic rings. The van der Waals surface area contributed by atoms with Gasteiger partial charge in [0.15, 0.2) is 9.84 Å². The smallest absolute Gasteiger partial charge is 0.151 e. The first kappa shape index (κ1) is 14.0. The van der Waals surface area contributed by atoms with Crippen LogP contribution >= 0.6 is 0 Å². The summed E-state index contributed by atoms with van der Waals surface area (Å²) in [7, 11) is -2.78. The normalized spacial score (nSPS) is 26.9. The zero-order valence-electron chi connectivity index (χ0n) is 10.7. The maximum atomic E-state index is 11.5. The average Bonchev–Trinajstić information content (AvgIpc) is 2.17.